The second-order valence-electron chi connectivity index (χ2n) is 4.14. The molecule has 1 aliphatic rings. The Morgan fingerprint density at radius 3 is 3.00 bits per heavy atom. The van der Waals surface area contributed by atoms with Gasteiger partial charge in [-0.1, -0.05) is 6.08 Å². The van der Waals surface area contributed by atoms with Gasteiger partial charge in [0.25, 0.3) is 0 Å². The zero-order valence-corrected chi connectivity index (χ0v) is 12.1. The molecule has 0 aromatic heterocycles. The Morgan fingerprint density at radius 2 is 2.26 bits per heavy atom. The van der Waals surface area contributed by atoms with Crippen molar-refractivity contribution in [2.24, 2.45) is 0 Å². The molecule has 1 heterocycles. The molecule has 1 unspecified atom stereocenters. The van der Waals surface area contributed by atoms with Gasteiger partial charge in [0.15, 0.2) is 11.5 Å². The van der Waals surface area contributed by atoms with E-state index in [0.29, 0.717) is 31.3 Å². The van der Waals surface area contributed by atoms with E-state index in [1.807, 2.05) is 12.1 Å². The minimum Gasteiger partial charge on any atom is -0.490 e. The van der Waals surface area contributed by atoms with Crippen LogP contribution in [-0.4, -0.2) is 19.8 Å². The molecule has 0 spiro atoms. The maximum absolute atomic E-state index is 9.22. The molecule has 0 fully saturated rings. The topological polar surface area (TPSA) is 54.3 Å². The molecule has 0 saturated heterocycles. The van der Waals surface area contributed by atoms with Gasteiger partial charge in [-0.3, -0.25) is 5.32 Å². The van der Waals surface area contributed by atoms with Crippen LogP contribution in [0, 0.1) is 11.3 Å². The molecule has 0 amide bonds. The summed E-state index contributed by atoms with van der Waals surface area (Å²) < 4.78 is 12.1. The molecule has 1 aliphatic heterocycles. The second-order valence-corrected chi connectivity index (χ2v) is 4.99. The zero-order chi connectivity index (χ0) is 13.7. The minimum atomic E-state index is -0.397. The van der Waals surface area contributed by atoms with Gasteiger partial charge in [-0.25, -0.2) is 0 Å². The SMILES string of the molecule is C=CCNC(C#N)c1cc(Br)c2c(c1)OCCCO2. The van der Waals surface area contributed by atoms with Gasteiger partial charge >= 0.3 is 0 Å². The average molecular weight is 323 g/mol. The van der Waals surface area contributed by atoms with Gasteiger partial charge in [0.2, 0.25) is 0 Å². The molecule has 1 aromatic carbocycles. The van der Waals surface area contributed by atoms with Gasteiger partial charge in [0.1, 0.15) is 6.04 Å². The van der Waals surface area contributed by atoms with Crippen LogP contribution in [0.5, 0.6) is 11.5 Å². The van der Waals surface area contributed by atoms with Crippen molar-refractivity contribution in [1.29, 1.82) is 5.26 Å². The molecule has 0 aliphatic carbocycles. The fourth-order valence-electron chi connectivity index (χ4n) is 1.86. The van der Waals surface area contributed by atoms with Gasteiger partial charge in [-0.2, -0.15) is 5.26 Å². The summed E-state index contributed by atoms with van der Waals surface area (Å²) in [5.41, 5.74) is 0.848. The largest absolute Gasteiger partial charge is 0.490 e. The van der Waals surface area contributed by atoms with E-state index in [2.05, 4.69) is 33.9 Å². The van der Waals surface area contributed by atoms with Gasteiger partial charge in [0.05, 0.1) is 23.8 Å². The third kappa shape index (κ3) is 3.28. The molecular weight excluding hydrogens is 308 g/mol. The van der Waals surface area contributed by atoms with Crippen LogP contribution in [0.2, 0.25) is 0 Å². The highest BCUT2D eigenvalue weighted by Gasteiger charge is 2.18. The number of fused-ring (bicyclic) bond motifs is 1. The number of benzene rings is 1. The molecule has 1 aromatic rings. The van der Waals surface area contributed by atoms with Gasteiger partial charge in [-0.05, 0) is 33.6 Å². The predicted octanol–water partition coefficient (Wildman–Crippen LogP) is 2.95. The Bertz CT molecular complexity index is 511. The van der Waals surface area contributed by atoms with Gasteiger partial charge in [0, 0.05) is 13.0 Å². The van der Waals surface area contributed by atoms with Crippen LogP contribution in [0.1, 0.15) is 18.0 Å². The third-order valence-electron chi connectivity index (χ3n) is 2.75. The first kappa shape index (κ1) is 13.9. The van der Waals surface area contributed by atoms with Gasteiger partial charge in [-0.15, -0.1) is 6.58 Å². The van der Waals surface area contributed by atoms with Crippen molar-refractivity contribution in [3.8, 4) is 17.6 Å². The average Bonchev–Trinajstić information content (AvgIpc) is 2.65. The maximum Gasteiger partial charge on any atom is 0.175 e. The number of rotatable bonds is 4. The molecule has 0 saturated carbocycles. The number of ether oxygens (including phenoxy) is 2. The number of halogens is 1. The molecule has 0 bridgehead atoms. The standard InChI is InChI=1S/C14H15BrN2O2/c1-2-4-17-12(9-16)10-7-11(15)14-13(8-10)18-5-3-6-19-14/h2,7-8,12,17H,1,3-6H2. The molecule has 100 valence electrons. The Hall–Kier alpha value is -1.51. The molecular formula is C14H15BrN2O2. The Labute approximate surface area is 121 Å². The fraction of sp³-hybridized carbons (Fsp3) is 0.357. The summed E-state index contributed by atoms with van der Waals surface area (Å²) in [5.74, 6) is 1.39. The van der Waals surface area contributed by atoms with Crippen LogP contribution in [0.15, 0.2) is 29.3 Å². The fourth-order valence-corrected chi connectivity index (χ4v) is 2.43. The quantitative estimate of drug-likeness (QED) is 0.866. The number of nitriles is 1. The summed E-state index contributed by atoms with van der Waals surface area (Å²) >= 11 is 3.47. The zero-order valence-electron chi connectivity index (χ0n) is 10.5. The normalized spacial score (nSPS) is 15.2. The molecule has 0 radical (unpaired) electrons. The summed E-state index contributed by atoms with van der Waals surface area (Å²) in [5, 5.41) is 12.3. The Morgan fingerprint density at radius 1 is 1.47 bits per heavy atom. The highest BCUT2D eigenvalue weighted by atomic mass is 79.9. The van der Waals surface area contributed by atoms with Crippen molar-refractivity contribution in [3.05, 3.63) is 34.8 Å². The summed E-state index contributed by atoms with van der Waals surface area (Å²) in [7, 11) is 0. The van der Waals surface area contributed by atoms with Crippen molar-refractivity contribution < 1.29 is 9.47 Å². The lowest BCUT2D eigenvalue weighted by atomic mass is 10.1. The van der Waals surface area contributed by atoms with Crippen LogP contribution < -0.4 is 14.8 Å². The first-order valence-electron chi connectivity index (χ1n) is 6.09. The van der Waals surface area contributed by atoms with Crippen molar-refractivity contribution >= 4 is 15.9 Å². The third-order valence-corrected chi connectivity index (χ3v) is 3.34. The molecule has 2 rings (SSSR count). The summed E-state index contributed by atoms with van der Waals surface area (Å²) in [6, 6.07) is 5.57. The summed E-state index contributed by atoms with van der Waals surface area (Å²) in [6.07, 6.45) is 2.58. The van der Waals surface area contributed by atoms with E-state index in [1.165, 1.54) is 0 Å². The first-order chi connectivity index (χ1) is 9.26. The van der Waals surface area contributed by atoms with Gasteiger partial charge < -0.3 is 9.47 Å². The predicted molar refractivity (Wildman–Crippen MR) is 76.3 cm³/mol. The minimum absolute atomic E-state index is 0.397. The molecule has 5 heteroatoms. The number of hydrogen-bond acceptors (Lipinski definition) is 4. The van der Waals surface area contributed by atoms with Crippen LogP contribution in [-0.2, 0) is 0 Å². The monoisotopic (exact) mass is 322 g/mol. The van der Waals surface area contributed by atoms with E-state index < -0.39 is 6.04 Å². The lowest BCUT2D eigenvalue weighted by Crippen LogP contribution is -2.19. The highest BCUT2D eigenvalue weighted by molar-refractivity contribution is 9.10. The number of hydrogen-bond donors (Lipinski definition) is 1. The molecule has 1 N–H and O–H groups in total. The van der Waals surface area contributed by atoms with Crippen LogP contribution in [0.3, 0.4) is 0 Å². The number of nitrogens with zero attached hydrogens (tertiary/aromatic N) is 1. The van der Waals surface area contributed by atoms with E-state index >= 15 is 0 Å². The van der Waals surface area contributed by atoms with Crippen molar-refractivity contribution in [2.45, 2.75) is 12.5 Å². The Kier molecular flexibility index (Phi) is 4.83. The van der Waals surface area contributed by atoms with Crippen LogP contribution in [0.25, 0.3) is 0 Å². The number of nitrogens with one attached hydrogen (secondary N) is 1. The first-order valence-corrected chi connectivity index (χ1v) is 6.88. The van der Waals surface area contributed by atoms with Crippen LogP contribution in [0.4, 0.5) is 0 Å². The van der Waals surface area contributed by atoms with Crippen molar-refractivity contribution in [3.63, 3.8) is 0 Å². The lowest BCUT2D eigenvalue weighted by molar-refractivity contribution is 0.296. The molecule has 1 atom stereocenters. The smallest absolute Gasteiger partial charge is 0.175 e. The van der Waals surface area contributed by atoms with E-state index in [0.717, 1.165) is 16.5 Å². The lowest BCUT2D eigenvalue weighted by Gasteiger charge is -2.15. The van der Waals surface area contributed by atoms with Crippen molar-refractivity contribution in [2.75, 3.05) is 19.8 Å². The summed E-state index contributed by atoms with van der Waals surface area (Å²) in [6.45, 7) is 5.47. The molecule has 4 nitrogen and oxygen atoms in total. The second kappa shape index (κ2) is 6.60. The highest BCUT2D eigenvalue weighted by Crippen LogP contribution is 2.39. The summed E-state index contributed by atoms with van der Waals surface area (Å²) in [4.78, 5) is 0. The van der Waals surface area contributed by atoms with Crippen molar-refractivity contribution in [1.82, 2.24) is 5.32 Å². The van der Waals surface area contributed by atoms with E-state index in [4.69, 9.17) is 9.47 Å². The van der Waals surface area contributed by atoms with E-state index in [-0.39, 0.29) is 0 Å². The maximum atomic E-state index is 9.22. The van der Waals surface area contributed by atoms with E-state index in [1.54, 1.807) is 6.08 Å². The molecule has 19 heavy (non-hydrogen) atoms. The van der Waals surface area contributed by atoms with E-state index in [9.17, 15) is 5.26 Å². The van der Waals surface area contributed by atoms with Crippen LogP contribution >= 0.6 is 15.9 Å². The Balaban J connectivity index is 2.32.